The minimum Gasteiger partial charge on any atom is -0.349 e. The smallest absolute Gasteiger partial charge is 0.250 e. The molecule has 0 bridgehead atoms. The van der Waals surface area contributed by atoms with Crippen molar-refractivity contribution in [3.05, 3.63) is 85.4 Å². The Balaban J connectivity index is 1.81. The zero-order valence-corrected chi connectivity index (χ0v) is 18.5. The van der Waals surface area contributed by atoms with Gasteiger partial charge in [-0.15, -0.1) is 22.7 Å². The van der Waals surface area contributed by atoms with Gasteiger partial charge in [0.25, 0.3) is 0 Å². The second-order valence-electron chi connectivity index (χ2n) is 7.23. The molecule has 1 aliphatic heterocycles. The van der Waals surface area contributed by atoms with Crippen LogP contribution in [0.25, 0.3) is 11.3 Å². The largest absolute Gasteiger partial charge is 0.349 e. The number of H-pyrrole nitrogens is 1. The highest BCUT2D eigenvalue weighted by atomic mass is 32.1. The molecule has 158 valence electrons. The van der Waals surface area contributed by atoms with E-state index in [0.717, 1.165) is 21.0 Å². The normalized spacial score (nSPS) is 14.3. The lowest BCUT2D eigenvalue weighted by atomic mass is 9.87. The lowest BCUT2D eigenvalue weighted by molar-refractivity contribution is -0.123. The lowest BCUT2D eigenvalue weighted by Gasteiger charge is -2.32. The van der Waals surface area contributed by atoms with Crippen LogP contribution in [0.3, 0.4) is 0 Å². The number of aromatic amines is 1. The molecule has 4 aromatic rings. The Kier molecular flexibility index (Phi) is 5.05. The number of anilines is 1. The Morgan fingerprint density at radius 1 is 0.879 bits per heavy atom. The molecule has 9 heteroatoms. The highest BCUT2D eigenvalue weighted by Gasteiger charge is 2.44. The van der Waals surface area contributed by atoms with Crippen LogP contribution in [0.2, 0.25) is 0 Å². The topological polar surface area (TPSA) is 125 Å². The van der Waals surface area contributed by atoms with E-state index >= 15 is 0 Å². The first-order chi connectivity index (χ1) is 16.1. The zero-order chi connectivity index (χ0) is 23.0. The Labute approximate surface area is 196 Å². The monoisotopic (exact) mass is 467 g/mol. The Morgan fingerprint density at radius 3 is 2.15 bits per heavy atom. The maximum Gasteiger partial charge on any atom is 0.250 e. The quantitative estimate of drug-likeness (QED) is 0.452. The third-order valence-electron chi connectivity index (χ3n) is 5.34. The fraction of sp³-hybridized carbons (Fsp3) is 0.0833. The van der Waals surface area contributed by atoms with Crippen LogP contribution in [0.5, 0.6) is 0 Å². The summed E-state index contributed by atoms with van der Waals surface area (Å²) in [6, 6.07) is 22.6. The maximum absolute atomic E-state index is 12.5. The van der Waals surface area contributed by atoms with Gasteiger partial charge in [-0.05, 0) is 54.1 Å². The molecular weight excluding hydrogens is 454 g/mol. The summed E-state index contributed by atoms with van der Waals surface area (Å²) in [5.74, 6) is -0.299. The van der Waals surface area contributed by atoms with Crippen LogP contribution >= 0.6 is 22.7 Å². The molecule has 7 nitrogen and oxygen atoms in total. The second-order valence-corrected chi connectivity index (χ2v) is 9.39. The number of rotatable bonds is 3. The number of carbonyl (C=O) groups excluding carboxylic acids is 1. The van der Waals surface area contributed by atoms with E-state index in [2.05, 4.69) is 28.5 Å². The van der Waals surface area contributed by atoms with Gasteiger partial charge in [0.05, 0.1) is 0 Å². The van der Waals surface area contributed by atoms with Crippen LogP contribution in [0.4, 0.5) is 5.69 Å². The van der Waals surface area contributed by atoms with Crippen molar-refractivity contribution in [2.24, 2.45) is 0 Å². The van der Waals surface area contributed by atoms with Gasteiger partial charge in [-0.25, -0.2) is 0 Å². The van der Waals surface area contributed by atoms with Crippen LogP contribution in [0, 0.1) is 34.0 Å². The number of benzene rings is 1. The van der Waals surface area contributed by atoms with E-state index in [1.165, 1.54) is 22.7 Å². The van der Waals surface area contributed by atoms with Crippen molar-refractivity contribution in [3.63, 3.8) is 0 Å². The summed E-state index contributed by atoms with van der Waals surface area (Å²) in [4.78, 5) is 18.1. The van der Waals surface area contributed by atoms with Crippen LogP contribution in [0.1, 0.15) is 30.8 Å². The molecule has 0 spiro atoms. The van der Waals surface area contributed by atoms with Gasteiger partial charge < -0.3 is 15.0 Å². The molecule has 0 saturated heterocycles. The summed E-state index contributed by atoms with van der Waals surface area (Å²) in [5.41, 5.74) is 2.03. The average molecular weight is 468 g/mol. The van der Waals surface area contributed by atoms with Crippen LogP contribution < -0.4 is 5.32 Å². The third kappa shape index (κ3) is 3.40. The second kappa shape index (κ2) is 8.05. The average Bonchev–Trinajstić information content (AvgIpc) is 3.59. The number of fused-ring (bicyclic) bond motifs is 1. The van der Waals surface area contributed by atoms with Crippen molar-refractivity contribution in [2.45, 2.75) is 5.60 Å². The summed E-state index contributed by atoms with van der Waals surface area (Å²) in [7, 11) is 0. The zero-order valence-electron chi connectivity index (χ0n) is 16.9. The number of hydrogen-bond acceptors (Lipinski definition) is 7. The Morgan fingerprint density at radius 2 is 1.58 bits per heavy atom. The molecule has 1 aliphatic rings. The van der Waals surface area contributed by atoms with E-state index in [1.54, 1.807) is 24.3 Å². The predicted molar refractivity (Wildman–Crippen MR) is 123 cm³/mol. The fourth-order valence-electron chi connectivity index (χ4n) is 3.88. The predicted octanol–water partition coefficient (Wildman–Crippen LogP) is 4.68. The summed E-state index contributed by atoms with van der Waals surface area (Å²) >= 11 is 2.56. The molecule has 1 amide bonds. The molecule has 0 saturated carbocycles. The standard InChI is InChI=1S/C24H13N5O2S2/c25-10-15-2-6-19(28-15)14-1-5-20-18(9-14)24(31-13-23(30)29-20,21-7-3-16(11-26)32-21)22-8-4-17(12-27)33-22/h1-9,28H,13H2,(H,29,30). The summed E-state index contributed by atoms with van der Waals surface area (Å²) in [6.07, 6.45) is 0. The van der Waals surface area contributed by atoms with Gasteiger partial charge in [-0.1, -0.05) is 6.07 Å². The Bertz CT molecular complexity index is 1470. The van der Waals surface area contributed by atoms with E-state index in [4.69, 9.17) is 4.74 Å². The third-order valence-corrected chi connectivity index (χ3v) is 7.52. The number of carbonyl (C=O) groups is 1. The highest BCUT2D eigenvalue weighted by molar-refractivity contribution is 7.14. The molecule has 0 unspecified atom stereocenters. The highest BCUT2D eigenvalue weighted by Crippen LogP contribution is 2.50. The van der Waals surface area contributed by atoms with Crippen LogP contribution in [-0.2, 0) is 15.1 Å². The van der Waals surface area contributed by atoms with Crippen molar-refractivity contribution in [1.82, 2.24) is 4.98 Å². The van der Waals surface area contributed by atoms with Crippen LogP contribution in [-0.4, -0.2) is 17.5 Å². The summed E-state index contributed by atoms with van der Waals surface area (Å²) in [6.45, 7) is -0.204. The number of nitrogens with one attached hydrogen (secondary N) is 2. The van der Waals surface area contributed by atoms with Gasteiger partial charge in [0.2, 0.25) is 5.91 Å². The minimum absolute atomic E-state index is 0.204. The van der Waals surface area contributed by atoms with Crippen LogP contribution in [0.15, 0.2) is 54.6 Å². The van der Waals surface area contributed by atoms with Gasteiger partial charge in [0.1, 0.15) is 40.3 Å². The SMILES string of the molecule is N#Cc1ccc(-c2ccc3c(c2)C(c2ccc(C#N)s2)(c2ccc(C#N)s2)OCC(=O)N3)[nH]1. The van der Waals surface area contributed by atoms with Gasteiger partial charge >= 0.3 is 0 Å². The minimum atomic E-state index is -1.20. The molecule has 4 heterocycles. The first kappa shape index (κ1) is 20.7. The molecular formula is C24H13N5O2S2. The summed E-state index contributed by atoms with van der Waals surface area (Å²) < 4.78 is 6.36. The molecule has 0 fully saturated rings. The number of ether oxygens (including phenoxy) is 1. The van der Waals surface area contributed by atoms with Crippen molar-refractivity contribution in [2.75, 3.05) is 11.9 Å². The van der Waals surface area contributed by atoms with Crippen molar-refractivity contribution in [1.29, 1.82) is 15.8 Å². The number of amides is 1. The lowest BCUT2D eigenvalue weighted by Crippen LogP contribution is -2.31. The molecule has 1 aromatic carbocycles. The molecule has 5 rings (SSSR count). The molecule has 0 atom stereocenters. The number of nitriles is 3. The van der Waals surface area contributed by atoms with E-state index in [1.807, 2.05) is 30.3 Å². The number of aromatic nitrogens is 1. The van der Waals surface area contributed by atoms with Crippen molar-refractivity contribution < 1.29 is 9.53 Å². The van der Waals surface area contributed by atoms with Gasteiger partial charge in [-0.3, -0.25) is 4.79 Å². The molecule has 0 aliphatic carbocycles. The van der Waals surface area contributed by atoms with Gasteiger partial charge in [-0.2, -0.15) is 15.8 Å². The number of nitrogens with zero attached hydrogens (tertiary/aromatic N) is 3. The van der Waals surface area contributed by atoms with Crippen molar-refractivity contribution in [3.8, 4) is 29.5 Å². The molecule has 33 heavy (non-hydrogen) atoms. The van der Waals surface area contributed by atoms with E-state index < -0.39 is 5.60 Å². The van der Waals surface area contributed by atoms with E-state index in [9.17, 15) is 20.6 Å². The number of thiophene rings is 2. The van der Waals surface area contributed by atoms with E-state index in [-0.39, 0.29) is 12.5 Å². The van der Waals surface area contributed by atoms with Gasteiger partial charge in [0.15, 0.2) is 5.60 Å². The first-order valence-corrected chi connectivity index (χ1v) is 11.4. The first-order valence-electron chi connectivity index (χ1n) is 9.76. The molecule has 2 N–H and O–H groups in total. The molecule has 0 radical (unpaired) electrons. The van der Waals surface area contributed by atoms with E-state index in [0.29, 0.717) is 26.7 Å². The van der Waals surface area contributed by atoms with Crippen molar-refractivity contribution >= 4 is 34.3 Å². The number of hydrogen-bond donors (Lipinski definition) is 2. The summed E-state index contributed by atoms with van der Waals surface area (Å²) in [5, 5.41) is 31.0. The Hall–Kier alpha value is -4.20. The van der Waals surface area contributed by atoms with Gasteiger partial charge in [0, 0.05) is 26.7 Å². The molecule has 3 aromatic heterocycles. The fourth-order valence-corrected chi connectivity index (χ4v) is 5.90. The maximum atomic E-state index is 12.5.